The summed E-state index contributed by atoms with van der Waals surface area (Å²) in [5.74, 6) is 0.790. The lowest BCUT2D eigenvalue weighted by Crippen LogP contribution is -2.36. The van der Waals surface area contributed by atoms with Crippen LogP contribution in [0.5, 0.6) is 5.75 Å². The Kier molecular flexibility index (Phi) is 12.0. The molecule has 1 amide bonds. The fraction of sp³-hybridized carbons (Fsp3) is 0.405. The highest BCUT2D eigenvalue weighted by Crippen LogP contribution is 2.36. The van der Waals surface area contributed by atoms with Crippen LogP contribution in [0.15, 0.2) is 75.5 Å². The smallest absolute Gasteiger partial charge is 0.329 e. The molecule has 326 valence electrons. The summed E-state index contributed by atoms with van der Waals surface area (Å²) in [5.41, 5.74) is 4.83. The molecule has 20 heteroatoms. The fourth-order valence-electron chi connectivity index (χ4n) is 8.21. The highest BCUT2D eigenvalue weighted by Gasteiger charge is 2.28. The number of fused-ring (bicyclic) bond motifs is 3. The molecule has 8 rings (SSSR count). The minimum Gasteiger partial charge on any atom is -0.485 e. The van der Waals surface area contributed by atoms with Gasteiger partial charge in [0.1, 0.15) is 18.3 Å². The fourth-order valence-corrected chi connectivity index (χ4v) is 9.59. The van der Waals surface area contributed by atoms with E-state index in [4.69, 9.17) is 14.1 Å². The van der Waals surface area contributed by atoms with E-state index in [1.807, 2.05) is 32.0 Å². The van der Waals surface area contributed by atoms with Crippen LogP contribution in [0.1, 0.15) is 63.5 Å². The summed E-state index contributed by atoms with van der Waals surface area (Å²) in [5, 5.41) is 17.5. The molecule has 1 fully saturated rings. The number of aromatic amines is 1. The normalized spacial score (nSPS) is 14.7. The number of aryl methyl sites for hydroxylation is 1. The van der Waals surface area contributed by atoms with Crippen molar-refractivity contribution in [1.82, 2.24) is 53.4 Å². The van der Waals surface area contributed by atoms with Crippen LogP contribution in [0.25, 0.3) is 38.9 Å². The minimum atomic E-state index is -3.88. The SMILES string of the molecule is CNC(=O)CCC(C=O)n1c(=O)n(C)c2cc(C3CCN(CCCN(C)S(=O)(=O)c4ccc(Nc5nc6c(OC(C)C)c(-c7cn[nH]c7)ncn6n5)c5occc45)CC3)ccc21. The molecule has 5 aromatic heterocycles. The van der Waals surface area contributed by atoms with Gasteiger partial charge in [0, 0.05) is 51.3 Å². The number of piperidine rings is 1. The van der Waals surface area contributed by atoms with E-state index in [2.05, 4.69) is 35.8 Å². The van der Waals surface area contributed by atoms with Gasteiger partial charge in [-0.1, -0.05) is 6.07 Å². The number of aldehydes is 1. The maximum absolute atomic E-state index is 14.0. The van der Waals surface area contributed by atoms with E-state index in [-0.39, 0.29) is 41.4 Å². The predicted octanol–water partition coefficient (Wildman–Crippen LogP) is 4.60. The third kappa shape index (κ3) is 8.19. The summed E-state index contributed by atoms with van der Waals surface area (Å²) >= 11 is 0. The van der Waals surface area contributed by atoms with Crippen molar-refractivity contribution in [3.05, 3.63) is 77.4 Å². The van der Waals surface area contributed by atoms with Crippen molar-refractivity contribution < 1.29 is 27.2 Å². The number of benzene rings is 2. The minimum absolute atomic E-state index is 0.134. The molecule has 1 unspecified atom stereocenters. The summed E-state index contributed by atoms with van der Waals surface area (Å²) in [4.78, 5) is 48.8. The molecular weight excluding hydrogens is 817 g/mol. The summed E-state index contributed by atoms with van der Waals surface area (Å²) in [6.07, 6.45) is 9.79. The predicted molar refractivity (Wildman–Crippen MR) is 232 cm³/mol. The van der Waals surface area contributed by atoms with Crippen molar-refractivity contribution in [2.24, 2.45) is 7.05 Å². The first kappa shape index (κ1) is 42.3. The molecule has 6 heterocycles. The second-order valence-corrected chi connectivity index (χ2v) is 17.9. The number of nitrogens with one attached hydrogen (secondary N) is 3. The Balaban J connectivity index is 0.889. The Bertz CT molecular complexity index is 2910. The quantitative estimate of drug-likeness (QED) is 0.107. The Hall–Kier alpha value is -6.38. The third-order valence-corrected chi connectivity index (χ3v) is 13.5. The standard InChI is InChI=1S/C42H50N12O7S/c1-26(2)61-39-37(29-22-45-46-23-29)44-25-53-40(39)48-41(49-53)47-32-9-11-35(31-15-20-60-38(31)32)62(58,59)50(4)16-6-17-52-18-13-27(14-19-52)28-7-10-33-34(21-28)51(5)42(57)54(33)30(24-55)8-12-36(56)43-3/h7,9-11,15,20-27,30H,6,8,12-14,16-19H2,1-5H3,(H,43,56)(H,45,46)(H,47,49). The lowest BCUT2D eigenvalue weighted by molar-refractivity contribution is -0.121. The third-order valence-electron chi connectivity index (χ3n) is 11.5. The molecule has 0 aliphatic carbocycles. The van der Waals surface area contributed by atoms with Crippen LogP contribution >= 0.6 is 0 Å². The van der Waals surface area contributed by atoms with Crippen molar-refractivity contribution in [2.75, 3.05) is 45.6 Å². The zero-order chi connectivity index (χ0) is 43.7. The van der Waals surface area contributed by atoms with Gasteiger partial charge in [0.25, 0.3) is 0 Å². The van der Waals surface area contributed by atoms with Crippen LogP contribution < -0.4 is 21.1 Å². The number of hydrogen-bond acceptors (Lipinski definition) is 13. The molecule has 1 aliphatic rings. The van der Waals surface area contributed by atoms with Gasteiger partial charge in [-0.3, -0.25) is 19.0 Å². The van der Waals surface area contributed by atoms with E-state index >= 15 is 0 Å². The second-order valence-electron chi connectivity index (χ2n) is 15.9. The number of carbonyl (C=O) groups excluding carboxylic acids is 2. The Labute approximate surface area is 357 Å². The molecule has 19 nitrogen and oxygen atoms in total. The lowest BCUT2D eigenvalue weighted by atomic mass is 9.89. The number of furan rings is 1. The molecule has 0 saturated carbocycles. The van der Waals surface area contributed by atoms with Gasteiger partial charge in [0.2, 0.25) is 27.5 Å². The average molecular weight is 867 g/mol. The summed E-state index contributed by atoms with van der Waals surface area (Å²) in [6, 6.07) is 10.1. The molecule has 7 aromatic rings. The summed E-state index contributed by atoms with van der Waals surface area (Å²) in [6.45, 7) is 6.60. The van der Waals surface area contributed by atoms with Crippen molar-refractivity contribution in [2.45, 2.75) is 68.9 Å². The monoisotopic (exact) mass is 866 g/mol. The Morgan fingerprint density at radius 3 is 2.68 bits per heavy atom. The zero-order valence-electron chi connectivity index (χ0n) is 35.2. The number of carbonyl (C=O) groups is 2. The molecule has 1 aliphatic heterocycles. The van der Waals surface area contributed by atoms with Gasteiger partial charge in [0.15, 0.2) is 11.3 Å². The van der Waals surface area contributed by atoms with Gasteiger partial charge in [0.05, 0.1) is 46.2 Å². The van der Waals surface area contributed by atoms with Crippen LogP contribution in [0, 0.1) is 0 Å². The van der Waals surface area contributed by atoms with Gasteiger partial charge in [-0.25, -0.2) is 22.5 Å². The van der Waals surface area contributed by atoms with E-state index in [1.54, 1.807) is 62.6 Å². The highest BCUT2D eigenvalue weighted by atomic mass is 32.2. The van der Waals surface area contributed by atoms with Crippen LogP contribution in [0.2, 0.25) is 0 Å². The van der Waals surface area contributed by atoms with Crippen molar-refractivity contribution in [3.63, 3.8) is 0 Å². The molecule has 0 spiro atoms. The van der Waals surface area contributed by atoms with Crippen molar-refractivity contribution in [3.8, 4) is 17.0 Å². The van der Waals surface area contributed by atoms with E-state index in [0.29, 0.717) is 58.1 Å². The number of anilines is 2. The van der Waals surface area contributed by atoms with Crippen molar-refractivity contribution >= 4 is 61.5 Å². The molecule has 1 saturated heterocycles. The van der Waals surface area contributed by atoms with Crippen LogP contribution in [-0.2, 0) is 26.7 Å². The molecule has 62 heavy (non-hydrogen) atoms. The second kappa shape index (κ2) is 17.5. The zero-order valence-corrected chi connectivity index (χ0v) is 36.1. The lowest BCUT2D eigenvalue weighted by Gasteiger charge is -2.32. The Morgan fingerprint density at radius 2 is 1.95 bits per heavy atom. The van der Waals surface area contributed by atoms with Gasteiger partial charge in [-0.05, 0) is 101 Å². The number of sulfonamides is 1. The topological polar surface area (TPSA) is 220 Å². The van der Waals surface area contributed by atoms with E-state index < -0.39 is 16.1 Å². The van der Waals surface area contributed by atoms with E-state index in [0.717, 1.165) is 55.4 Å². The molecule has 0 radical (unpaired) electrons. The average Bonchev–Trinajstić information content (AvgIpc) is 4.10. The number of H-pyrrole nitrogens is 1. The van der Waals surface area contributed by atoms with Gasteiger partial charge < -0.3 is 29.5 Å². The van der Waals surface area contributed by atoms with Crippen molar-refractivity contribution in [1.29, 1.82) is 0 Å². The van der Waals surface area contributed by atoms with Gasteiger partial charge in [-0.2, -0.15) is 14.6 Å². The number of rotatable bonds is 17. The Morgan fingerprint density at radius 1 is 1.15 bits per heavy atom. The summed E-state index contributed by atoms with van der Waals surface area (Å²) < 4.78 is 45.8. The molecular formula is C42H50N12O7S. The maximum atomic E-state index is 14.0. The highest BCUT2D eigenvalue weighted by molar-refractivity contribution is 7.89. The number of imidazole rings is 1. The van der Waals surface area contributed by atoms with E-state index in [9.17, 15) is 22.8 Å². The first-order valence-corrected chi connectivity index (χ1v) is 22.1. The number of hydrogen-bond donors (Lipinski definition) is 3. The van der Waals surface area contributed by atoms with Crippen LogP contribution in [0.4, 0.5) is 11.6 Å². The first-order valence-electron chi connectivity index (χ1n) is 20.6. The number of likely N-dealkylation sites (tertiary alicyclic amines) is 1. The van der Waals surface area contributed by atoms with Gasteiger partial charge >= 0.3 is 5.69 Å². The largest absolute Gasteiger partial charge is 0.485 e. The number of nitrogens with zero attached hydrogens (tertiary/aromatic N) is 9. The number of ether oxygens (including phenoxy) is 1. The van der Waals surface area contributed by atoms with Crippen LogP contribution in [-0.4, -0.2) is 115 Å². The maximum Gasteiger partial charge on any atom is 0.329 e. The number of aromatic nitrogens is 8. The summed E-state index contributed by atoms with van der Waals surface area (Å²) in [7, 11) is 0.962. The molecule has 3 N–H and O–H groups in total. The molecule has 0 bridgehead atoms. The van der Waals surface area contributed by atoms with E-state index in [1.165, 1.54) is 19.7 Å². The van der Waals surface area contributed by atoms with Crippen LogP contribution in [0.3, 0.4) is 0 Å². The first-order chi connectivity index (χ1) is 29.9. The molecule has 1 atom stereocenters. The molecule has 2 aromatic carbocycles. The number of amides is 1. The van der Waals surface area contributed by atoms with Gasteiger partial charge in [-0.15, -0.1) is 5.10 Å².